The van der Waals surface area contributed by atoms with Crippen molar-refractivity contribution in [3.63, 3.8) is 0 Å². The van der Waals surface area contributed by atoms with Crippen molar-refractivity contribution in [2.45, 2.75) is 19.3 Å². The van der Waals surface area contributed by atoms with E-state index in [0.717, 1.165) is 17.1 Å². The van der Waals surface area contributed by atoms with Crippen molar-refractivity contribution < 1.29 is 0 Å². The predicted molar refractivity (Wildman–Crippen MR) is 249 cm³/mol. The van der Waals surface area contributed by atoms with Gasteiger partial charge in [-0.2, -0.15) is 0 Å². The summed E-state index contributed by atoms with van der Waals surface area (Å²) in [6.07, 6.45) is 0. The van der Waals surface area contributed by atoms with E-state index in [0.29, 0.717) is 0 Å². The first-order valence-electron chi connectivity index (χ1n) is 20.5. The molecule has 0 unspecified atom stereocenters. The van der Waals surface area contributed by atoms with Gasteiger partial charge in [0, 0.05) is 38.9 Å². The highest BCUT2D eigenvalue weighted by Crippen LogP contribution is 2.52. The Morgan fingerprint density at radius 1 is 0.339 bits per heavy atom. The number of fused-ring (bicyclic) bond motifs is 6. The summed E-state index contributed by atoms with van der Waals surface area (Å²) >= 11 is 0. The lowest BCUT2D eigenvalue weighted by Crippen LogP contribution is -2.16. The number of hydrogen-bond acceptors (Lipinski definition) is 1. The van der Waals surface area contributed by atoms with Crippen molar-refractivity contribution >= 4 is 38.9 Å². The molecule has 0 amide bonds. The average Bonchev–Trinajstić information content (AvgIpc) is 3.74. The zero-order valence-electron chi connectivity index (χ0n) is 33.2. The van der Waals surface area contributed by atoms with Gasteiger partial charge >= 0.3 is 0 Å². The van der Waals surface area contributed by atoms with Crippen molar-refractivity contribution in [1.82, 2.24) is 4.57 Å². The maximum Gasteiger partial charge on any atom is 0.0541 e. The molecule has 10 aromatic rings. The summed E-state index contributed by atoms with van der Waals surface area (Å²) in [5.74, 6) is 0. The minimum atomic E-state index is -0.200. The third-order valence-corrected chi connectivity index (χ3v) is 12.4. The van der Waals surface area contributed by atoms with E-state index < -0.39 is 0 Å². The molecular weight excluding hydrogens is 713 g/mol. The summed E-state index contributed by atoms with van der Waals surface area (Å²) in [6.45, 7) is 4.77. The molecule has 0 saturated heterocycles. The minimum Gasteiger partial charge on any atom is -0.310 e. The van der Waals surface area contributed by atoms with E-state index in [2.05, 4.69) is 242 Å². The predicted octanol–water partition coefficient (Wildman–Crippen LogP) is 15.6. The van der Waals surface area contributed by atoms with Gasteiger partial charge in [0.15, 0.2) is 0 Å². The van der Waals surface area contributed by atoms with Crippen LogP contribution in [0.2, 0.25) is 0 Å². The Balaban J connectivity index is 0.994. The molecule has 0 bridgehead atoms. The molecular formula is C57H42N2. The van der Waals surface area contributed by atoms with Gasteiger partial charge in [-0.3, -0.25) is 0 Å². The summed E-state index contributed by atoms with van der Waals surface area (Å²) in [5, 5.41) is 2.51. The van der Waals surface area contributed by atoms with Gasteiger partial charge in [-0.25, -0.2) is 0 Å². The molecule has 59 heavy (non-hydrogen) atoms. The van der Waals surface area contributed by atoms with E-state index in [1.165, 1.54) is 83.1 Å². The lowest BCUT2D eigenvalue weighted by molar-refractivity contribution is 0.660. The van der Waals surface area contributed by atoms with Gasteiger partial charge in [-0.1, -0.05) is 153 Å². The molecule has 11 rings (SSSR count). The first-order valence-corrected chi connectivity index (χ1v) is 20.5. The van der Waals surface area contributed by atoms with Crippen LogP contribution in [0.5, 0.6) is 0 Å². The average molecular weight is 755 g/mol. The van der Waals surface area contributed by atoms with Gasteiger partial charge in [0.05, 0.1) is 11.0 Å². The normalized spacial score (nSPS) is 12.7. The van der Waals surface area contributed by atoms with Gasteiger partial charge in [0.1, 0.15) is 0 Å². The van der Waals surface area contributed by atoms with Gasteiger partial charge in [-0.15, -0.1) is 0 Å². The number of hydrogen-bond donors (Lipinski definition) is 0. The SMILES string of the molecule is CC1(C)c2cc(-c3ccc4c(c3)c3cc(-c5ccccc5)ccc3n4-c3ccccc3)ccc2-c2ccc(N(c3ccccc3)c3ccc(-c4ccccc4)cc3)cc21. The van der Waals surface area contributed by atoms with E-state index in [9.17, 15) is 0 Å². The lowest BCUT2D eigenvalue weighted by atomic mass is 9.81. The van der Waals surface area contributed by atoms with Crippen LogP contribution in [0, 0.1) is 0 Å². The van der Waals surface area contributed by atoms with Crippen molar-refractivity contribution in [2.24, 2.45) is 0 Å². The third kappa shape index (κ3) is 5.87. The Bertz CT molecular complexity index is 3140. The van der Waals surface area contributed by atoms with Gasteiger partial charge in [0.2, 0.25) is 0 Å². The molecule has 9 aromatic carbocycles. The van der Waals surface area contributed by atoms with Gasteiger partial charge < -0.3 is 9.47 Å². The van der Waals surface area contributed by atoms with E-state index in [1.807, 2.05) is 0 Å². The molecule has 1 aromatic heterocycles. The molecule has 2 nitrogen and oxygen atoms in total. The Labute approximate surface area is 345 Å². The van der Waals surface area contributed by atoms with Crippen LogP contribution in [0.4, 0.5) is 17.1 Å². The number of rotatable bonds is 7. The largest absolute Gasteiger partial charge is 0.310 e. The fourth-order valence-electron chi connectivity index (χ4n) is 9.37. The van der Waals surface area contributed by atoms with Gasteiger partial charge in [-0.05, 0) is 134 Å². The van der Waals surface area contributed by atoms with Crippen molar-refractivity contribution in [3.8, 4) is 50.2 Å². The highest BCUT2D eigenvalue weighted by Gasteiger charge is 2.36. The molecule has 280 valence electrons. The first-order chi connectivity index (χ1) is 29.0. The highest BCUT2D eigenvalue weighted by molar-refractivity contribution is 6.11. The van der Waals surface area contributed by atoms with Crippen LogP contribution in [0.1, 0.15) is 25.0 Å². The topological polar surface area (TPSA) is 8.17 Å². The number of anilines is 3. The second kappa shape index (κ2) is 13.9. The van der Waals surface area contributed by atoms with Crippen LogP contribution in [0.15, 0.2) is 218 Å². The summed E-state index contributed by atoms with van der Waals surface area (Å²) < 4.78 is 2.40. The Morgan fingerprint density at radius 2 is 0.746 bits per heavy atom. The van der Waals surface area contributed by atoms with E-state index in [4.69, 9.17) is 0 Å². The number of nitrogens with zero attached hydrogens (tertiary/aromatic N) is 2. The third-order valence-electron chi connectivity index (χ3n) is 12.4. The number of para-hydroxylation sites is 2. The van der Waals surface area contributed by atoms with Crippen LogP contribution in [0.3, 0.4) is 0 Å². The van der Waals surface area contributed by atoms with Crippen LogP contribution < -0.4 is 4.90 Å². The fourth-order valence-corrected chi connectivity index (χ4v) is 9.37. The molecule has 0 spiro atoms. The maximum atomic E-state index is 2.44. The van der Waals surface area contributed by atoms with E-state index in [-0.39, 0.29) is 5.41 Å². The van der Waals surface area contributed by atoms with Crippen LogP contribution in [0.25, 0.3) is 72.0 Å². The highest BCUT2D eigenvalue weighted by atomic mass is 15.1. The van der Waals surface area contributed by atoms with Crippen molar-refractivity contribution in [2.75, 3.05) is 4.90 Å². The fraction of sp³-hybridized carbons (Fsp3) is 0.0526. The smallest absolute Gasteiger partial charge is 0.0541 e. The molecule has 0 radical (unpaired) electrons. The minimum absolute atomic E-state index is 0.200. The summed E-state index contributed by atoms with van der Waals surface area (Å²) in [6, 6.07) is 79.7. The zero-order chi connectivity index (χ0) is 39.5. The number of benzene rings is 9. The molecule has 0 aliphatic heterocycles. The molecule has 1 heterocycles. The lowest BCUT2D eigenvalue weighted by Gasteiger charge is -2.28. The van der Waals surface area contributed by atoms with Crippen LogP contribution >= 0.6 is 0 Å². The standard InChI is InChI=1S/C57H42N2/c1-57(2)53-37-44(43-27-34-56-52(36-43)51-35-42(40-17-9-4-10-18-40)26-33-55(51)59(56)46-21-13-6-14-22-46)25-31-49(53)50-32-30-48(38-54(50)57)58(45-19-11-5-12-20-45)47-28-23-41(24-29-47)39-15-7-3-8-16-39/h3-38H,1-2H3. The molecule has 2 heteroatoms. The maximum absolute atomic E-state index is 2.44. The van der Waals surface area contributed by atoms with E-state index >= 15 is 0 Å². The quantitative estimate of drug-likeness (QED) is 0.157. The molecule has 0 saturated carbocycles. The van der Waals surface area contributed by atoms with Crippen LogP contribution in [-0.4, -0.2) is 4.57 Å². The van der Waals surface area contributed by atoms with E-state index in [1.54, 1.807) is 0 Å². The van der Waals surface area contributed by atoms with Gasteiger partial charge in [0.25, 0.3) is 0 Å². The summed E-state index contributed by atoms with van der Waals surface area (Å²) in [4.78, 5) is 2.38. The summed E-state index contributed by atoms with van der Waals surface area (Å²) in [5.41, 5.74) is 19.5. The van der Waals surface area contributed by atoms with Crippen molar-refractivity contribution in [3.05, 3.63) is 230 Å². The number of aromatic nitrogens is 1. The van der Waals surface area contributed by atoms with Crippen LogP contribution in [-0.2, 0) is 5.41 Å². The second-order valence-corrected chi connectivity index (χ2v) is 16.2. The first kappa shape index (κ1) is 34.8. The zero-order valence-corrected chi connectivity index (χ0v) is 33.2. The Morgan fingerprint density at radius 3 is 1.36 bits per heavy atom. The molecule has 0 N–H and O–H groups in total. The molecule has 1 aliphatic rings. The monoisotopic (exact) mass is 754 g/mol. The summed E-state index contributed by atoms with van der Waals surface area (Å²) in [7, 11) is 0. The Kier molecular flexibility index (Phi) is 8.20. The Hall–Kier alpha value is -7.42. The molecule has 0 atom stereocenters. The second-order valence-electron chi connectivity index (χ2n) is 16.2. The van der Waals surface area contributed by atoms with Crippen molar-refractivity contribution in [1.29, 1.82) is 0 Å². The molecule has 0 fully saturated rings. The molecule has 1 aliphatic carbocycles.